The van der Waals surface area contributed by atoms with Crippen LogP contribution >= 0.6 is 15.9 Å². The van der Waals surface area contributed by atoms with E-state index >= 15 is 0 Å². The Balaban J connectivity index is 2.03. The van der Waals surface area contributed by atoms with E-state index in [0.717, 1.165) is 10.0 Å². The highest BCUT2D eigenvalue weighted by molar-refractivity contribution is 9.10. The fourth-order valence-corrected chi connectivity index (χ4v) is 2.33. The Bertz CT molecular complexity index is 472. The van der Waals surface area contributed by atoms with Crippen molar-refractivity contribution in [3.05, 3.63) is 69.9 Å². The van der Waals surface area contributed by atoms with Gasteiger partial charge in [-0.3, -0.25) is 0 Å². The Hall–Kier alpha value is -1.19. The van der Waals surface area contributed by atoms with Crippen molar-refractivity contribution in [3.63, 3.8) is 0 Å². The highest BCUT2D eigenvalue weighted by Crippen LogP contribution is 2.21. The Morgan fingerprint density at radius 2 is 1.26 bits per heavy atom. The fourth-order valence-electron chi connectivity index (χ4n) is 2.07. The van der Waals surface area contributed by atoms with Gasteiger partial charge in [0.05, 0.1) is 0 Å². The molecule has 3 heteroatoms. The van der Waals surface area contributed by atoms with E-state index in [1.807, 2.05) is 24.3 Å². The second kappa shape index (κ2) is 6.31. The van der Waals surface area contributed by atoms with Crippen molar-refractivity contribution in [1.29, 1.82) is 0 Å². The van der Waals surface area contributed by atoms with Gasteiger partial charge < -0.3 is 5.32 Å². The standard InChI is InChI=1S/C16H17BrFN/c1-11(13-3-7-15(17)8-4-13)19-12(2)14-5-9-16(18)10-6-14/h3-12,19H,1-2H3/t11?,12-/m0/s1. The molecule has 0 saturated carbocycles. The second-order valence-electron chi connectivity index (χ2n) is 4.71. The number of benzene rings is 2. The number of halogens is 2. The predicted molar refractivity (Wildman–Crippen MR) is 80.5 cm³/mol. The van der Waals surface area contributed by atoms with Crippen LogP contribution in [-0.2, 0) is 0 Å². The molecule has 2 aromatic rings. The van der Waals surface area contributed by atoms with E-state index < -0.39 is 0 Å². The molecule has 0 amide bonds. The van der Waals surface area contributed by atoms with Gasteiger partial charge in [-0.15, -0.1) is 0 Å². The van der Waals surface area contributed by atoms with Crippen LogP contribution < -0.4 is 5.32 Å². The average Bonchev–Trinajstić information content (AvgIpc) is 2.40. The van der Waals surface area contributed by atoms with Gasteiger partial charge in [0.25, 0.3) is 0 Å². The Morgan fingerprint density at radius 3 is 1.74 bits per heavy atom. The Morgan fingerprint density at radius 1 is 0.842 bits per heavy atom. The summed E-state index contributed by atoms with van der Waals surface area (Å²) in [7, 11) is 0. The van der Waals surface area contributed by atoms with Crippen LogP contribution in [0.25, 0.3) is 0 Å². The highest BCUT2D eigenvalue weighted by atomic mass is 79.9. The van der Waals surface area contributed by atoms with Crippen LogP contribution in [0.1, 0.15) is 37.1 Å². The van der Waals surface area contributed by atoms with Crippen molar-refractivity contribution in [3.8, 4) is 0 Å². The molecular weight excluding hydrogens is 305 g/mol. The van der Waals surface area contributed by atoms with Crippen LogP contribution in [0.3, 0.4) is 0 Å². The molecule has 1 N–H and O–H groups in total. The lowest BCUT2D eigenvalue weighted by molar-refractivity contribution is 0.494. The normalized spacial score (nSPS) is 14.1. The summed E-state index contributed by atoms with van der Waals surface area (Å²) < 4.78 is 14.0. The van der Waals surface area contributed by atoms with E-state index in [4.69, 9.17) is 0 Å². The van der Waals surface area contributed by atoms with Crippen molar-refractivity contribution >= 4 is 15.9 Å². The summed E-state index contributed by atoms with van der Waals surface area (Å²) in [5, 5.41) is 3.51. The van der Waals surface area contributed by atoms with Gasteiger partial charge in [0.15, 0.2) is 0 Å². The van der Waals surface area contributed by atoms with Gasteiger partial charge in [0.2, 0.25) is 0 Å². The maximum Gasteiger partial charge on any atom is 0.123 e. The molecule has 0 spiro atoms. The van der Waals surface area contributed by atoms with Crippen LogP contribution in [-0.4, -0.2) is 0 Å². The number of hydrogen-bond acceptors (Lipinski definition) is 1. The lowest BCUT2D eigenvalue weighted by atomic mass is 10.0. The monoisotopic (exact) mass is 321 g/mol. The first-order valence-corrected chi connectivity index (χ1v) is 7.12. The summed E-state index contributed by atoms with van der Waals surface area (Å²) in [6.07, 6.45) is 0. The van der Waals surface area contributed by atoms with Crippen LogP contribution in [0, 0.1) is 5.82 Å². The molecule has 0 aliphatic heterocycles. The zero-order chi connectivity index (χ0) is 13.8. The van der Waals surface area contributed by atoms with Crippen LogP contribution in [0.5, 0.6) is 0 Å². The Labute approximate surface area is 122 Å². The van der Waals surface area contributed by atoms with Crippen LogP contribution in [0.4, 0.5) is 4.39 Å². The molecule has 0 aromatic heterocycles. The maximum atomic E-state index is 12.9. The summed E-state index contributed by atoms with van der Waals surface area (Å²) in [5.41, 5.74) is 2.32. The minimum Gasteiger partial charge on any atom is -0.304 e. The van der Waals surface area contributed by atoms with E-state index in [1.165, 1.54) is 17.7 Å². The lowest BCUT2D eigenvalue weighted by Crippen LogP contribution is -2.22. The quantitative estimate of drug-likeness (QED) is 0.835. The van der Waals surface area contributed by atoms with Crippen LogP contribution in [0.15, 0.2) is 53.0 Å². The van der Waals surface area contributed by atoms with Gasteiger partial charge in [0.1, 0.15) is 5.82 Å². The summed E-state index contributed by atoms with van der Waals surface area (Å²) in [4.78, 5) is 0. The average molecular weight is 322 g/mol. The molecule has 1 nitrogen and oxygen atoms in total. The van der Waals surface area contributed by atoms with E-state index in [2.05, 4.69) is 47.2 Å². The van der Waals surface area contributed by atoms with Gasteiger partial charge in [-0.05, 0) is 49.2 Å². The van der Waals surface area contributed by atoms with Gasteiger partial charge in [-0.1, -0.05) is 40.2 Å². The smallest absolute Gasteiger partial charge is 0.123 e. The topological polar surface area (TPSA) is 12.0 Å². The molecule has 0 bridgehead atoms. The summed E-state index contributed by atoms with van der Waals surface area (Å²) >= 11 is 3.43. The zero-order valence-corrected chi connectivity index (χ0v) is 12.6. The minimum absolute atomic E-state index is 0.180. The van der Waals surface area contributed by atoms with Crippen molar-refractivity contribution < 1.29 is 4.39 Å². The molecule has 1 unspecified atom stereocenters. The third-order valence-electron chi connectivity index (χ3n) is 3.24. The first-order valence-electron chi connectivity index (χ1n) is 6.33. The third-order valence-corrected chi connectivity index (χ3v) is 3.77. The molecule has 0 heterocycles. The van der Waals surface area contributed by atoms with Gasteiger partial charge in [0, 0.05) is 16.6 Å². The molecular formula is C16H17BrFN. The van der Waals surface area contributed by atoms with Gasteiger partial charge in [-0.2, -0.15) is 0 Å². The van der Waals surface area contributed by atoms with Gasteiger partial charge in [-0.25, -0.2) is 4.39 Å². The fraction of sp³-hybridized carbons (Fsp3) is 0.250. The molecule has 0 aliphatic rings. The van der Waals surface area contributed by atoms with E-state index in [1.54, 1.807) is 0 Å². The predicted octanol–water partition coefficient (Wildman–Crippen LogP) is 5.00. The minimum atomic E-state index is -0.197. The van der Waals surface area contributed by atoms with Crippen molar-refractivity contribution in [2.24, 2.45) is 0 Å². The van der Waals surface area contributed by atoms with Crippen LogP contribution in [0.2, 0.25) is 0 Å². The summed E-state index contributed by atoms with van der Waals surface area (Å²) in [5.74, 6) is -0.197. The van der Waals surface area contributed by atoms with Crippen molar-refractivity contribution in [1.82, 2.24) is 5.32 Å². The number of hydrogen-bond donors (Lipinski definition) is 1. The summed E-state index contributed by atoms with van der Waals surface area (Å²) in [6, 6.07) is 15.3. The van der Waals surface area contributed by atoms with Crippen molar-refractivity contribution in [2.75, 3.05) is 0 Å². The van der Waals surface area contributed by atoms with E-state index in [-0.39, 0.29) is 17.9 Å². The number of nitrogens with one attached hydrogen (secondary N) is 1. The molecule has 0 saturated heterocycles. The number of rotatable bonds is 4. The molecule has 100 valence electrons. The van der Waals surface area contributed by atoms with E-state index in [0.29, 0.717) is 0 Å². The van der Waals surface area contributed by atoms with E-state index in [9.17, 15) is 4.39 Å². The zero-order valence-electron chi connectivity index (χ0n) is 11.0. The molecule has 2 rings (SSSR count). The Kier molecular flexibility index (Phi) is 4.72. The first-order chi connectivity index (χ1) is 9.06. The highest BCUT2D eigenvalue weighted by Gasteiger charge is 2.11. The SMILES string of the molecule is CC(N[C@@H](C)c1ccc(F)cc1)c1ccc(Br)cc1. The maximum absolute atomic E-state index is 12.9. The van der Waals surface area contributed by atoms with Crippen molar-refractivity contribution in [2.45, 2.75) is 25.9 Å². The lowest BCUT2D eigenvalue weighted by Gasteiger charge is -2.21. The largest absolute Gasteiger partial charge is 0.304 e. The molecule has 2 aromatic carbocycles. The molecule has 0 aliphatic carbocycles. The second-order valence-corrected chi connectivity index (χ2v) is 5.63. The first kappa shape index (κ1) is 14.2. The molecule has 0 fully saturated rings. The van der Waals surface area contributed by atoms with Gasteiger partial charge >= 0.3 is 0 Å². The molecule has 0 radical (unpaired) electrons. The molecule has 2 atom stereocenters. The summed E-state index contributed by atoms with van der Waals surface area (Å²) in [6.45, 7) is 4.21. The molecule has 19 heavy (non-hydrogen) atoms. The third kappa shape index (κ3) is 3.88.